The van der Waals surface area contributed by atoms with Crippen molar-refractivity contribution in [2.75, 3.05) is 6.61 Å². The molecule has 23 heavy (non-hydrogen) atoms. The Labute approximate surface area is 131 Å². The fourth-order valence-electron chi connectivity index (χ4n) is 2.88. The zero-order chi connectivity index (χ0) is 15.8. The van der Waals surface area contributed by atoms with E-state index in [1.165, 1.54) is 0 Å². The Balaban J connectivity index is 1.54. The van der Waals surface area contributed by atoms with E-state index < -0.39 is 0 Å². The summed E-state index contributed by atoms with van der Waals surface area (Å²) < 4.78 is 7.54. The number of aromatic nitrogens is 5. The van der Waals surface area contributed by atoms with Crippen molar-refractivity contribution in [3.8, 4) is 0 Å². The fourth-order valence-corrected chi connectivity index (χ4v) is 2.88. The van der Waals surface area contributed by atoms with Gasteiger partial charge in [-0.05, 0) is 24.6 Å². The van der Waals surface area contributed by atoms with E-state index in [0.29, 0.717) is 17.9 Å². The summed E-state index contributed by atoms with van der Waals surface area (Å²) in [7, 11) is 1.86. The van der Waals surface area contributed by atoms with E-state index in [1.807, 2.05) is 13.1 Å². The van der Waals surface area contributed by atoms with Crippen molar-refractivity contribution in [2.24, 2.45) is 7.05 Å². The van der Waals surface area contributed by atoms with Gasteiger partial charge in [0.2, 0.25) is 0 Å². The number of aryl methyl sites for hydroxylation is 1. The molecule has 1 aliphatic rings. The Morgan fingerprint density at radius 1 is 1.43 bits per heavy atom. The van der Waals surface area contributed by atoms with Crippen LogP contribution in [-0.4, -0.2) is 43.3 Å². The molecule has 8 heteroatoms. The van der Waals surface area contributed by atoms with Gasteiger partial charge in [-0.2, -0.15) is 5.10 Å². The van der Waals surface area contributed by atoms with Crippen LogP contribution in [0.25, 0.3) is 11.2 Å². The minimum absolute atomic E-state index is 0.102. The highest BCUT2D eigenvalue weighted by Crippen LogP contribution is 2.28. The van der Waals surface area contributed by atoms with E-state index in [1.54, 1.807) is 29.3 Å². The molecule has 1 amide bonds. The van der Waals surface area contributed by atoms with Crippen molar-refractivity contribution in [3.05, 3.63) is 42.1 Å². The maximum absolute atomic E-state index is 12.5. The summed E-state index contributed by atoms with van der Waals surface area (Å²) in [5, 5.41) is 7.17. The Morgan fingerprint density at radius 3 is 3.17 bits per heavy atom. The molecule has 3 aromatic heterocycles. The lowest BCUT2D eigenvalue weighted by atomic mass is 10.1. The SMILES string of the molecule is Cn1nccc1[C@H]1OCC[C@@H]1NC(=O)c1ccc2[nH]cnc2n1. The highest BCUT2D eigenvalue weighted by molar-refractivity contribution is 5.94. The Hall–Kier alpha value is -2.74. The molecule has 0 saturated carbocycles. The third-order valence-electron chi connectivity index (χ3n) is 4.07. The van der Waals surface area contributed by atoms with Crippen LogP contribution in [0, 0.1) is 0 Å². The highest BCUT2D eigenvalue weighted by Gasteiger charge is 2.33. The van der Waals surface area contributed by atoms with Gasteiger partial charge in [0.15, 0.2) is 5.65 Å². The fraction of sp³-hybridized carbons (Fsp3) is 0.333. The van der Waals surface area contributed by atoms with Crippen molar-refractivity contribution in [3.63, 3.8) is 0 Å². The number of carbonyl (C=O) groups is 1. The summed E-state index contributed by atoms with van der Waals surface area (Å²) in [6, 6.07) is 5.29. The van der Waals surface area contributed by atoms with Crippen molar-refractivity contribution in [2.45, 2.75) is 18.6 Å². The van der Waals surface area contributed by atoms with Crippen LogP contribution in [0.2, 0.25) is 0 Å². The molecule has 118 valence electrons. The number of pyridine rings is 1. The quantitative estimate of drug-likeness (QED) is 0.750. The van der Waals surface area contributed by atoms with Crippen molar-refractivity contribution in [1.82, 2.24) is 30.0 Å². The highest BCUT2D eigenvalue weighted by atomic mass is 16.5. The third-order valence-corrected chi connectivity index (χ3v) is 4.07. The summed E-state index contributed by atoms with van der Waals surface area (Å²) >= 11 is 0. The van der Waals surface area contributed by atoms with Crippen LogP contribution in [-0.2, 0) is 11.8 Å². The van der Waals surface area contributed by atoms with E-state index in [0.717, 1.165) is 17.6 Å². The molecule has 4 rings (SSSR count). The van der Waals surface area contributed by atoms with Gasteiger partial charge in [0.05, 0.1) is 23.6 Å². The largest absolute Gasteiger partial charge is 0.370 e. The van der Waals surface area contributed by atoms with Gasteiger partial charge in [0.1, 0.15) is 11.8 Å². The number of rotatable bonds is 3. The standard InChI is InChI=1S/C15H16N6O2/c1-21-12(4-6-18-21)13-9(5-7-23-13)20-15(22)11-3-2-10-14(19-11)17-8-16-10/h2-4,6,8-9,13H,5,7H2,1H3,(H,20,22)(H,16,17,19)/t9-,13-/m0/s1. The number of imidazole rings is 1. The molecule has 0 bridgehead atoms. The number of fused-ring (bicyclic) bond motifs is 1. The molecule has 0 spiro atoms. The maximum Gasteiger partial charge on any atom is 0.270 e. The van der Waals surface area contributed by atoms with Crippen LogP contribution >= 0.6 is 0 Å². The average molecular weight is 312 g/mol. The second-order valence-corrected chi connectivity index (χ2v) is 5.51. The molecule has 0 unspecified atom stereocenters. The monoisotopic (exact) mass is 312 g/mol. The third kappa shape index (κ3) is 2.46. The summed E-state index contributed by atoms with van der Waals surface area (Å²) in [5.41, 5.74) is 2.63. The van der Waals surface area contributed by atoms with E-state index in [9.17, 15) is 4.79 Å². The molecule has 2 N–H and O–H groups in total. The topological polar surface area (TPSA) is 97.7 Å². The van der Waals surface area contributed by atoms with Crippen LogP contribution in [0.3, 0.4) is 0 Å². The average Bonchev–Trinajstić information content (AvgIpc) is 3.26. The van der Waals surface area contributed by atoms with Gasteiger partial charge in [-0.15, -0.1) is 0 Å². The van der Waals surface area contributed by atoms with E-state index in [-0.39, 0.29) is 18.1 Å². The zero-order valence-corrected chi connectivity index (χ0v) is 12.6. The maximum atomic E-state index is 12.5. The lowest BCUT2D eigenvalue weighted by Gasteiger charge is -2.19. The van der Waals surface area contributed by atoms with Gasteiger partial charge in [-0.25, -0.2) is 9.97 Å². The van der Waals surface area contributed by atoms with E-state index in [2.05, 4.69) is 25.4 Å². The smallest absolute Gasteiger partial charge is 0.270 e. The normalized spacial score (nSPS) is 20.9. The number of hydrogen-bond donors (Lipinski definition) is 2. The van der Waals surface area contributed by atoms with Crippen LogP contribution in [0.15, 0.2) is 30.7 Å². The number of carbonyl (C=O) groups excluding carboxylic acids is 1. The van der Waals surface area contributed by atoms with Gasteiger partial charge in [0, 0.05) is 19.9 Å². The van der Waals surface area contributed by atoms with Crippen LogP contribution in [0.5, 0.6) is 0 Å². The summed E-state index contributed by atoms with van der Waals surface area (Å²) in [6.45, 7) is 0.604. The second kappa shape index (κ2) is 5.47. The Morgan fingerprint density at radius 2 is 2.35 bits per heavy atom. The van der Waals surface area contributed by atoms with Crippen molar-refractivity contribution < 1.29 is 9.53 Å². The minimum Gasteiger partial charge on any atom is -0.370 e. The predicted molar refractivity (Wildman–Crippen MR) is 81.7 cm³/mol. The van der Waals surface area contributed by atoms with Gasteiger partial charge in [0.25, 0.3) is 5.91 Å². The lowest BCUT2D eigenvalue weighted by Crippen LogP contribution is -2.37. The van der Waals surface area contributed by atoms with Gasteiger partial charge >= 0.3 is 0 Å². The van der Waals surface area contributed by atoms with E-state index in [4.69, 9.17) is 4.74 Å². The number of H-pyrrole nitrogens is 1. The van der Waals surface area contributed by atoms with Crippen LogP contribution < -0.4 is 5.32 Å². The number of aromatic amines is 1. The number of nitrogens with zero attached hydrogens (tertiary/aromatic N) is 4. The summed E-state index contributed by atoms with van der Waals surface area (Å²) in [4.78, 5) is 23.8. The molecule has 8 nitrogen and oxygen atoms in total. The first-order chi connectivity index (χ1) is 11.2. The minimum atomic E-state index is -0.224. The molecular weight excluding hydrogens is 296 g/mol. The van der Waals surface area contributed by atoms with Gasteiger partial charge < -0.3 is 15.0 Å². The number of amides is 1. The number of ether oxygens (including phenoxy) is 1. The van der Waals surface area contributed by atoms with Crippen molar-refractivity contribution in [1.29, 1.82) is 0 Å². The molecule has 0 aromatic carbocycles. The first-order valence-corrected chi connectivity index (χ1v) is 7.43. The first kappa shape index (κ1) is 13.9. The molecule has 1 fully saturated rings. The number of hydrogen-bond acceptors (Lipinski definition) is 5. The molecule has 0 radical (unpaired) electrons. The van der Waals surface area contributed by atoms with Crippen LogP contribution in [0.1, 0.15) is 28.7 Å². The zero-order valence-electron chi connectivity index (χ0n) is 12.6. The molecule has 1 saturated heterocycles. The van der Waals surface area contributed by atoms with Crippen LogP contribution in [0.4, 0.5) is 0 Å². The molecule has 2 atom stereocenters. The Bertz CT molecular complexity index is 854. The second-order valence-electron chi connectivity index (χ2n) is 5.51. The Kier molecular flexibility index (Phi) is 3.30. The summed E-state index contributed by atoms with van der Waals surface area (Å²) in [5.74, 6) is -0.224. The molecule has 1 aliphatic heterocycles. The van der Waals surface area contributed by atoms with Gasteiger partial charge in [-0.1, -0.05) is 0 Å². The first-order valence-electron chi connectivity index (χ1n) is 7.43. The van der Waals surface area contributed by atoms with Gasteiger partial charge in [-0.3, -0.25) is 9.48 Å². The lowest BCUT2D eigenvalue weighted by molar-refractivity contribution is 0.0789. The van der Waals surface area contributed by atoms with E-state index >= 15 is 0 Å². The number of nitrogens with one attached hydrogen (secondary N) is 2. The summed E-state index contributed by atoms with van der Waals surface area (Å²) in [6.07, 6.45) is 3.85. The molecule has 4 heterocycles. The molecule has 3 aromatic rings. The predicted octanol–water partition coefficient (Wildman–Crippen LogP) is 0.951. The molecule has 0 aliphatic carbocycles. The van der Waals surface area contributed by atoms with Crippen molar-refractivity contribution >= 4 is 17.1 Å². The molecular formula is C15H16N6O2.